The molecule has 3 nitrogen and oxygen atoms in total. The second-order valence-corrected chi connectivity index (χ2v) is 4.66. The third kappa shape index (κ3) is 3.03. The minimum Gasteiger partial charge on any atom is -0.495 e. The van der Waals surface area contributed by atoms with E-state index in [1.54, 1.807) is 7.11 Å². The van der Waals surface area contributed by atoms with Crippen molar-refractivity contribution >= 4 is 28.6 Å². The number of hydrogen-bond acceptors (Lipinski definition) is 3. The predicted molar refractivity (Wildman–Crippen MR) is 83.3 cm³/mol. The summed E-state index contributed by atoms with van der Waals surface area (Å²) in [6, 6.07) is 13.6. The van der Waals surface area contributed by atoms with Crippen LogP contribution in [0.3, 0.4) is 0 Å². The number of nitrogens with two attached hydrogens (primary N) is 1. The zero-order valence-corrected chi connectivity index (χ0v) is 11.8. The van der Waals surface area contributed by atoms with E-state index < -0.39 is 0 Å². The summed E-state index contributed by atoms with van der Waals surface area (Å²) in [6.07, 6.45) is 0. The molecule has 0 aliphatic heterocycles. The van der Waals surface area contributed by atoms with Crippen LogP contribution in [-0.4, -0.2) is 12.1 Å². The Morgan fingerprint density at radius 2 is 1.89 bits per heavy atom. The first-order valence-electron chi connectivity index (χ1n) is 5.92. The summed E-state index contributed by atoms with van der Waals surface area (Å²) in [5, 5.41) is 3.35. The van der Waals surface area contributed by atoms with Crippen LogP contribution in [0.25, 0.3) is 0 Å². The standard InChI is InChI=1S/C15H16N2OS/c1-10-9-11(15(16)19)7-8-12(10)17-13-5-3-4-6-14(13)18-2/h3-9,17H,1-2H3,(H2,16,19). The van der Waals surface area contributed by atoms with Crippen LogP contribution in [0, 0.1) is 6.92 Å². The van der Waals surface area contributed by atoms with Crippen molar-refractivity contribution in [2.75, 3.05) is 12.4 Å². The summed E-state index contributed by atoms with van der Waals surface area (Å²) in [4.78, 5) is 0.409. The lowest BCUT2D eigenvalue weighted by atomic mass is 10.1. The van der Waals surface area contributed by atoms with Gasteiger partial charge in [0.2, 0.25) is 0 Å². The highest BCUT2D eigenvalue weighted by molar-refractivity contribution is 7.80. The van der Waals surface area contributed by atoms with Gasteiger partial charge in [-0.2, -0.15) is 0 Å². The molecule has 3 N–H and O–H groups in total. The number of benzene rings is 2. The first kappa shape index (κ1) is 13.4. The molecule has 0 amide bonds. The van der Waals surface area contributed by atoms with Crippen LogP contribution in [-0.2, 0) is 0 Å². The Morgan fingerprint density at radius 1 is 1.16 bits per heavy atom. The van der Waals surface area contributed by atoms with Crippen molar-refractivity contribution in [2.24, 2.45) is 5.73 Å². The van der Waals surface area contributed by atoms with Crippen molar-refractivity contribution in [3.8, 4) is 5.75 Å². The number of ether oxygens (including phenoxy) is 1. The Kier molecular flexibility index (Phi) is 4.02. The maximum atomic E-state index is 5.62. The topological polar surface area (TPSA) is 47.3 Å². The Morgan fingerprint density at radius 3 is 2.53 bits per heavy atom. The fourth-order valence-corrected chi connectivity index (χ4v) is 1.98. The maximum Gasteiger partial charge on any atom is 0.142 e. The third-order valence-corrected chi connectivity index (χ3v) is 3.12. The molecule has 2 aromatic carbocycles. The highest BCUT2D eigenvalue weighted by Crippen LogP contribution is 2.28. The molecule has 0 atom stereocenters. The molecule has 0 unspecified atom stereocenters. The number of aryl methyl sites for hydroxylation is 1. The molecule has 0 fully saturated rings. The van der Waals surface area contributed by atoms with E-state index >= 15 is 0 Å². The lowest BCUT2D eigenvalue weighted by Gasteiger charge is -2.13. The molecule has 0 spiro atoms. The van der Waals surface area contributed by atoms with E-state index in [2.05, 4.69) is 5.32 Å². The lowest BCUT2D eigenvalue weighted by molar-refractivity contribution is 0.417. The van der Waals surface area contributed by atoms with Gasteiger partial charge in [0.05, 0.1) is 12.8 Å². The molecule has 2 rings (SSSR count). The number of para-hydroxylation sites is 2. The molecule has 0 aromatic heterocycles. The van der Waals surface area contributed by atoms with Gasteiger partial charge in [-0.3, -0.25) is 0 Å². The van der Waals surface area contributed by atoms with Crippen LogP contribution in [0.15, 0.2) is 42.5 Å². The molecule has 0 bridgehead atoms. The van der Waals surface area contributed by atoms with Gasteiger partial charge in [-0.05, 0) is 42.8 Å². The van der Waals surface area contributed by atoms with Crippen LogP contribution in [0.4, 0.5) is 11.4 Å². The zero-order valence-electron chi connectivity index (χ0n) is 10.9. The van der Waals surface area contributed by atoms with Crippen LogP contribution in [0.1, 0.15) is 11.1 Å². The summed E-state index contributed by atoms with van der Waals surface area (Å²) >= 11 is 4.97. The Bertz CT molecular complexity index is 611. The van der Waals surface area contributed by atoms with Crippen molar-refractivity contribution in [3.05, 3.63) is 53.6 Å². The van der Waals surface area contributed by atoms with Gasteiger partial charge in [0.1, 0.15) is 10.7 Å². The number of nitrogens with one attached hydrogen (secondary N) is 1. The molecule has 0 radical (unpaired) electrons. The molecule has 0 heterocycles. The van der Waals surface area contributed by atoms with Crippen LogP contribution in [0.2, 0.25) is 0 Å². The van der Waals surface area contributed by atoms with Gasteiger partial charge in [-0.15, -0.1) is 0 Å². The number of hydrogen-bond donors (Lipinski definition) is 2. The summed E-state index contributed by atoms with van der Waals surface area (Å²) in [6.45, 7) is 2.01. The summed E-state index contributed by atoms with van der Waals surface area (Å²) < 4.78 is 5.32. The van der Waals surface area contributed by atoms with Gasteiger partial charge in [0.15, 0.2) is 0 Å². The van der Waals surface area contributed by atoms with E-state index in [0.29, 0.717) is 4.99 Å². The average molecular weight is 272 g/mol. The predicted octanol–water partition coefficient (Wildman–Crippen LogP) is 3.38. The molecule has 98 valence electrons. The fourth-order valence-electron chi connectivity index (χ4n) is 1.85. The van der Waals surface area contributed by atoms with Crippen molar-refractivity contribution in [1.82, 2.24) is 0 Å². The Hall–Kier alpha value is -2.07. The van der Waals surface area contributed by atoms with Crippen molar-refractivity contribution < 1.29 is 4.74 Å². The second kappa shape index (κ2) is 5.71. The highest BCUT2D eigenvalue weighted by Gasteiger charge is 2.05. The summed E-state index contributed by atoms with van der Waals surface area (Å²) in [7, 11) is 1.66. The number of rotatable bonds is 4. The van der Waals surface area contributed by atoms with E-state index in [-0.39, 0.29) is 0 Å². The molecule has 19 heavy (non-hydrogen) atoms. The van der Waals surface area contributed by atoms with E-state index in [0.717, 1.165) is 28.3 Å². The molecular weight excluding hydrogens is 256 g/mol. The molecular formula is C15H16N2OS. The van der Waals surface area contributed by atoms with Gasteiger partial charge in [-0.25, -0.2) is 0 Å². The van der Waals surface area contributed by atoms with Gasteiger partial charge in [0, 0.05) is 11.3 Å². The van der Waals surface area contributed by atoms with Gasteiger partial charge in [0.25, 0.3) is 0 Å². The molecule has 0 saturated carbocycles. The molecule has 4 heteroatoms. The second-order valence-electron chi connectivity index (χ2n) is 4.22. The van der Waals surface area contributed by atoms with Crippen LogP contribution >= 0.6 is 12.2 Å². The van der Waals surface area contributed by atoms with Crippen LogP contribution < -0.4 is 15.8 Å². The van der Waals surface area contributed by atoms with Crippen LogP contribution in [0.5, 0.6) is 5.75 Å². The summed E-state index contributed by atoms with van der Waals surface area (Å²) in [5.41, 5.74) is 9.51. The van der Waals surface area contributed by atoms with E-state index in [1.165, 1.54) is 0 Å². The quantitative estimate of drug-likeness (QED) is 0.838. The number of anilines is 2. The first-order valence-corrected chi connectivity index (χ1v) is 6.33. The van der Waals surface area contributed by atoms with E-state index in [1.807, 2.05) is 49.4 Å². The number of methoxy groups -OCH3 is 1. The average Bonchev–Trinajstić information content (AvgIpc) is 2.41. The Labute approximate surface area is 118 Å². The molecule has 0 saturated heterocycles. The largest absolute Gasteiger partial charge is 0.495 e. The van der Waals surface area contributed by atoms with Crippen molar-refractivity contribution in [2.45, 2.75) is 6.92 Å². The van der Waals surface area contributed by atoms with E-state index in [4.69, 9.17) is 22.7 Å². The smallest absolute Gasteiger partial charge is 0.142 e. The fraction of sp³-hybridized carbons (Fsp3) is 0.133. The SMILES string of the molecule is COc1ccccc1Nc1ccc(C(N)=S)cc1C. The van der Waals surface area contributed by atoms with Gasteiger partial charge >= 0.3 is 0 Å². The minimum absolute atomic E-state index is 0.409. The lowest BCUT2D eigenvalue weighted by Crippen LogP contribution is -2.09. The normalized spacial score (nSPS) is 10.0. The Balaban J connectivity index is 2.31. The monoisotopic (exact) mass is 272 g/mol. The first-order chi connectivity index (χ1) is 9.11. The molecule has 0 aliphatic rings. The van der Waals surface area contributed by atoms with Crippen molar-refractivity contribution in [1.29, 1.82) is 0 Å². The molecule has 2 aromatic rings. The van der Waals surface area contributed by atoms with Gasteiger partial charge < -0.3 is 15.8 Å². The summed E-state index contributed by atoms with van der Waals surface area (Å²) in [5.74, 6) is 0.806. The van der Waals surface area contributed by atoms with Gasteiger partial charge in [-0.1, -0.05) is 24.4 Å². The third-order valence-electron chi connectivity index (χ3n) is 2.89. The van der Waals surface area contributed by atoms with E-state index in [9.17, 15) is 0 Å². The minimum atomic E-state index is 0.409. The number of thiocarbonyl (C=S) groups is 1. The zero-order chi connectivity index (χ0) is 13.8. The highest BCUT2D eigenvalue weighted by atomic mass is 32.1. The van der Waals surface area contributed by atoms with Crippen molar-refractivity contribution in [3.63, 3.8) is 0 Å². The maximum absolute atomic E-state index is 5.62. The molecule has 0 aliphatic carbocycles.